The van der Waals surface area contributed by atoms with Gasteiger partial charge in [0.1, 0.15) is 29.3 Å². The van der Waals surface area contributed by atoms with Crippen LogP contribution in [0.5, 0.6) is 11.5 Å². The van der Waals surface area contributed by atoms with Gasteiger partial charge in [0.25, 0.3) is 0 Å². The molecule has 3 atom stereocenters. The molecule has 0 aromatic heterocycles. The minimum absolute atomic E-state index is 0.0165. The molecule has 9 nitrogen and oxygen atoms in total. The molecular formula is C27H32O9. The Hall–Kier alpha value is -3.27. The van der Waals surface area contributed by atoms with Gasteiger partial charge >= 0.3 is 17.9 Å². The van der Waals surface area contributed by atoms with Crippen molar-refractivity contribution in [2.75, 3.05) is 13.2 Å². The summed E-state index contributed by atoms with van der Waals surface area (Å²) in [7, 11) is 0. The molecule has 1 aromatic carbocycles. The number of hydrogen-bond donors (Lipinski definition) is 0. The van der Waals surface area contributed by atoms with E-state index in [0.29, 0.717) is 25.2 Å². The van der Waals surface area contributed by atoms with Crippen molar-refractivity contribution in [3.63, 3.8) is 0 Å². The number of hydrogen-bond acceptors (Lipinski definition) is 9. The molecule has 2 heterocycles. The summed E-state index contributed by atoms with van der Waals surface area (Å²) in [4.78, 5) is 36.9. The first-order chi connectivity index (χ1) is 17.2. The van der Waals surface area contributed by atoms with Crippen molar-refractivity contribution in [1.29, 1.82) is 0 Å². The van der Waals surface area contributed by atoms with E-state index in [0.717, 1.165) is 0 Å². The second kappa shape index (κ2) is 12.1. The lowest BCUT2D eigenvalue weighted by Crippen LogP contribution is -2.31. The minimum Gasteiger partial charge on any atom is -0.459 e. The lowest BCUT2D eigenvalue weighted by molar-refractivity contribution is -0.132. The fourth-order valence-corrected chi connectivity index (χ4v) is 3.95. The van der Waals surface area contributed by atoms with E-state index in [9.17, 15) is 14.4 Å². The number of epoxide rings is 1. The maximum atomic E-state index is 13.4. The average molecular weight is 501 g/mol. The predicted molar refractivity (Wildman–Crippen MR) is 130 cm³/mol. The van der Waals surface area contributed by atoms with Crippen LogP contribution in [0, 0.1) is 0 Å². The van der Waals surface area contributed by atoms with Gasteiger partial charge in [-0.1, -0.05) is 24.3 Å². The van der Waals surface area contributed by atoms with E-state index in [4.69, 9.17) is 28.4 Å². The van der Waals surface area contributed by atoms with Gasteiger partial charge < -0.3 is 28.4 Å². The zero-order chi connectivity index (χ0) is 26.3. The van der Waals surface area contributed by atoms with E-state index >= 15 is 0 Å². The maximum Gasteiger partial charge on any atom is 0.342 e. The van der Waals surface area contributed by atoms with Gasteiger partial charge in [-0.25, -0.2) is 4.79 Å². The number of rotatable bonds is 11. The molecule has 0 bridgehead atoms. The fourth-order valence-electron chi connectivity index (χ4n) is 3.95. The van der Waals surface area contributed by atoms with Gasteiger partial charge in [-0.05, 0) is 31.6 Å². The van der Waals surface area contributed by atoms with Gasteiger partial charge in [-0.3, -0.25) is 9.59 Å². The van der Waals surface area contributed by atoms with Crippen LogP contribution in [0.4, 0.5) is 0 Å². The van der Waals surface area contributed by atoms with Crippen molar-refractivity contribution in [3.05, 3.63) is 60.2 Å². The third-order valence-electron chi connectivity index (χ3n) is 5.47. The Kier molecular flexibility index (Phi) is 9.19. The van der Waals surface area contributed by atoms with Crippen LogP contribution >= 0.6 is 0 Å². The minimum atomic E-state index is -1.18. The first kappa shape index (κ1) is 27.3. The van der Waals surface area contributed by atoms with Gasteiger partial charge in [0.15, 0.2) is 5.79 Å². The third kappa shape index (κ3) is 7.36. The molecule has 0 saturated carbocycles. The van der Waals surface area contributed by atoms with E-state index < -0.39 is 29.8 Å². The van der Waals surface area contributed by atoms with E-state index in [-0.39, 0.29) is 35.7 Å². The summed E-state index contributed by atoms with van der Waals surface area (Å²) in [6.07, 6.45) is 8.83. The molecule has 0 amide bonds. The third-order valence-corrected chi connectivity index (χ3v) is 5.47. The average Bonchev–Trinajstić information content (AvgIpc) is 3.37. The summed E-state index contributed by atoms with van der Waals surface area (Å²) in [6, 6.07) is 2.83. The Morgan fingerprint density at radius 2 is 1.83 bits per heavy atom. The molecular weight excluding hydrogens is 468 g/mol. The Balaban J connectivity index is 2.00. The van der Waals surface area contributed by atoms with Crippen molar-refractivity contribution in [1.82, 2.24) is 0 Å². The second-order valence-corrected chi connectivity index (χ2v) is 8.54. The molecule has 0 N–H and O–H groups in total. The molecule has 0 unspecified atom stereocenters. The van der Waals surface area contributed by atoms with Crippen molar-refractivity contribution >= 4 is 17.9 Å². The van der Waals surface area contributed by atoms with Gasteiger partial charge in [0.2, 0.25) is 0 Å². The van der Waals surface area contributed by atoms with Crippen LogP contribution in [0.25, 0.3) is 0 Å². The highest BCUT2D eigenvalue weighted by Crippen LogP contribution is 2.36. The topological polar surface area (TPSA) is 110 Å². The quantitative estimate of drug-likeness (QED) is 0.147. The van der Waals surface area contributed by atoms with Crippen LogP contribution < -0.4 is 9.47 Å². The summed E-state index contributed by atoms with van der Waals surface area (Å²) >= 11 is 0. The van der Waals surface area contributed by atoms with Crippen LogP contribution in [0.2, 0.25) is 0 Å². The molecule has 3 rings (SSSR count). The second-order valence-electron chi connectivity index (χ2n) is 8.54. The molecule has 0 aliphatic carbocycles. The van der Waals surface area contributed by atoms with Crippen molar-refractivity contribution < 1.29 is 42.8 Å². The number of carbonyl (C=O) groups excluding carboxylic acids is 3. The molecule has 2 aliphatic heterocycles. The molecule has 2 aliphatic rings. The number of allylic oxidation sites excluding steroid dienone is 3. The smallest absolute Gasteiger partial charge is 0.342 e. The standard InChI is InChI=1S/C27H32O9/c1-6-8-9-10-27(31-11-12-32-27)16-20-14-21(34-18(4)28)15-24(35-19(5)29)25(20)26(30)33-17(3)13-23-22(7-2)36-23/h6-10,14-15,17,22-23H,2,11-13,16H2,1,3-5H3/b8-6+,10-9+/t17-,22-,23-/m1/s1. The first-order valence-corrected chi connectivity index (χ1v) is 11.8. The normalized spacial score (nSPS) is 21.3. The molecule has 2 fully saturated rings. The van der Waals surface area contributed by atoms with E-state index in [2.05, 4.69) is 6.58 Å². The number of carbonyl (C=O) groups is 3. The Bertz CT molecular complexity index is 1050. The van der Waals surface area contributed by atoms with Crippen LogP contribution in [0.15, 0.2) is 49.1 Å². The summed E-state index contributed by atoms with van der Waals surface area (Å²) in [5.41, 5.74) is 0.378. The van der Waals surface area contributed by atoms with Crippen LogP contribution in [0.3, 0.4) is 0 Å². The number of esters is 3. The lowest BCUT2D eigenvalue weighted by Gasteiger charge is -2.26. The molecule has 0 spiro atoms. The van der Waals surface area contributed by atoms with Crippen molar-refractivity contribution in [2.45, 2.75) is 64.6 Å². The number of benzene rings is 1. The van der Waals surface area contributed by atoms with E-state index in [1.807, 2.05) is 19.1 Å². The van der Waals surface area contributed by atoms with Gasteiger partial charge in [-0.15, -0.1) is 6.58 Å². The number of ether oxygens (including phenoxy) is 6. The summed E-state index contributed by atoms with van der Waals surface area (Å²) < 4.78 is 33.6. The summed E-state index contributed by atoms with van der Waals surface area (Å²) in [5.74, 6) is -3.10. The van der Waals surface area contributed by atoms with Crippen molar-refractivity contribution in [2.24, 2.45) is 0 Å². The zero-order valence-electron chi connectivity index (χ0n) is 21.0. The first-order valence-electron chi connectivity index (χ1n) is 11.8. The van der Waals surface area contributed by atoms with Crippen LogP contribution in [-0.4, -0.2) is 55.2 Å². The molecule has 0 radical (unpaired) electrons. The Labute approximate surface area is 210 Å². The summed E-state index contributed by atoms with van der Waals surface area (Å²) in [6.45, 7) is 10.5. The molecule has 1 aromatic rings. The van der Waals surface area contributed by atoms with Gasteiger partial charge in [-0.2, -0.15) is 0 Å². The van der Waals surface area contributed by atoms with Gasteiger partial charge in [0, 0.05) is 32.8 Å². The van der Waals surface area contributed by atoms with Crippen LogP contribution in [-0.2, 0) is 35.0 Å². The largest absolute Gasteiger partial charge is 0.459 e. The van der Waals surface area contributed by atoms with Crippen molar-refractivity contribution in [3.8, 4) is 11.5 Å². The van der Waals surface area contributed by atoms with Crippen LogP contribution in [0.1, 0.15) is 50.0 Å². The fraction of sp³-hybridized carbons (Fsp3) is 0.444. The molecule has 2 saturated heterocycles. The SMILES string of the molecule is C=C[C@H]1O[C@@H]1C[C@@H](C)OC(=O)c1c(CC2(/C=C/C=C/C)OCCO2)cc(OC(C)=O)cc1OC(C)=O. The highest BCUT2D eigenvalue weighted by Gasteiger charge is 2.39. The summed E-state index contributed by atoms with van der Waals surface area (Å²) in [5, 5.41) is 0. The molecule has 36 heavy (non-hydrogen) atoms. The Morgan fingerprint density at radius 1 is 1.14 bits per heavy atom. The molecule has 9 heteroatoms. The highest BCUT2D eigenvalue weighted by atomic mass is 16.7. The maximum absolute atomic E-state index is 13.4. The van der Waals surface area contributed by atoms with Gasteiger partial charge in [0.05, 0.1) is 19.3 Å². The zero-order valence-corrected chi connectivity index (χ0v) is 21.0. The monoisotopic (exact) mass is 500 g/mol. The Morgan fingerprint density at radius 3 is 2.42 bits per heavy atom. The molecule has 194 valence electrons. The lowest BCUT2D eigenvalue weighted by atomic mass is 9.97. The highest BCUT2D eigenvalue weighted by molar-refractivity contribution is 5.96. The van der Waals surface area contributed by atoms with E-state index in [1.54, 1.807) is 25.2 Å². The van der Waals surface area contributed by atoms with E-state index in [1.165, 1.54) is 26.0 Å². The predicted octanol–water partition coefficient (Wildman–Crippen LogP) is 3.84.